The molecule has 1 unspecified atom stereocenters. The Balaban J connectivity index is 0. The van der Waals surface area contributed by atoms with Crippen LogP contribution in [0.2, 0.25) is 0 Å². The van der Waals surface area contributed by atoms with Crippen LogP contribution in [0.5, 0.6) is 0 Å². The summed E-state index contributed by atoms with van der Waals surface area (Å²) < 4.78 is 28.2. The van der Waals surface area contributed by atoms with E-state index >= 15 is 0 Å². The first-order valence-electron chi connectivity index (χ1n) is 2.63. The third-order valence-electron chi connectivity index (χ3n) is 0.879. The van der Waals surface area contributed by atoms with Gasteiger partial charge in [0.15, 0.2) is 5.44 Å². The molecule has 0 aliphatic rings. The molecule has 0 aliphatic carbocycles. The number of aliphatic hydroxyl groups excluding tert-OH is 1. The van der Waals surface area contributed by atoms with Gasteiger partial charge in [0, 0.05) is 29.6 Å². The van der Waals surface area contributed by atoms with Crippen molar-refractivity contribution in [3.63, 3.8) is 0 Å². The molecular formula is C4H10NaO4S. The minimum Gasteiger partial charge on any atom is -0.375 e. The molecule has 1 atom stereocenters. The van der Waals surface area contributed by atoms with E-state index in [1.807, 2.05) is 0 Å². The zero-order valence-corrected chi connectivity index (χ0v) is 8.93. The molecule has 0 aromatic heterocycles. The van der Waals surface area contributed by atoms with Crippen molar-refractivity contribution in [3.8, 4) is 0 Å². The van der Waals surface area contributed by atoms with Crippen LogP contribution < -0.4 is 0 Å². The van der Waals surface area contributed by atoms with Crippen LogP contribution in [0.1, 0.15) is 19.8 Å². The summed E-state index contributed by atoms with van der Waals surface area (Å²) in [6.45, 7) is 1.72. The van der Waals surface area contributed by atoms with Gasteiger partial charge in [-0.25, -0.2) is 0 Å². The summed E-state index contributed by atoms with van der Waals surface area (Å²) in [6.07, 6.45) is 0.611. The van der Waals surface area contributed by atoms with Gasteiger partial charge in [-0.3, -0.25) is 4.55 Å². The van der Waals surface area contributed by atoms with Crippen LogP contribution >= 0.6 is 0 Å². The Morgan fingerprint density at radius 1 is 1.50 bits per heavy atom. The van der Waals surface area contributed by atoms with Crippen LogP contribution in [0.15, 0.2) is 0 Å². The molecule has 57 valence electrons. The Morgan fingerprint density at radius 3 is 2.00 bits per heavy atom. The molecule has 0 bridgehead atoms. The smallest absolute Gasteiger partial charge is 0.291 e. The number of hydrogen-bond acceptors (Lipinski definition) is 3. The number of aliphatic hydroxyl groups is 1. The van der Waals surface area contributed by atoms with Gasteiger partial charge < -0.3 is 5.11 Å². The van der Waals surface area contributed by atoms with Crippen molar-refractivity contribution in [2.24, 2.45) is 0 Å². The van der Waals surface area contributed by atoms with Crippen LogP contribution in [0.25, 0.3) is 0 Å². The molecule has 4 nitrogen and oxygen atoms in total. The molecule has 1 radical (unpaired) electrons. The summed E-state index contributed by atoms with van der Waals surface area (Å²) in [4.78, 5) is 0. The van der Waals surface area contributed by atoms with Gasteiger partial charge in [0.1, 0.15) is 0 Å². The van der Waals surface area contributed by atoms with Crippen molar-refractivity contribution >= 4 is 39.7 Å². The summed E-state index contributed by atoms with van der Waals surface area (Å²) in [7, 11) is -4.21. The van der Waals surface area contributed by atoms with Gasteiger partial charge in [-0.2, -0.15) is 8.42 Å². The van der Waals surface area contributed by atoms with Crippen LogP contribution in [0.4, 0.5) is 0 Å². The molecule has 0 spiro atoms. The maximum atomic E-state index is 10.0. The Morgan fingerprint density at radius 2 is 1.90 bits per heavy atom. The Bertz CT molecular complexity index is 164. The van der Waals surface area contributed by atoms with Crippen LogP contribution in [-0.2, 0) is 10.1 Å². The van der Waals surface area contributed by atoms with E-state index in [4.69, 9.17) is 9.66 Å². The fraction of sp³-hybridized carbons (Fsp3) is 1.00. The van der Waals surface area contributed by atoms with E-state index in [1.54, 1.807) is 6.92 Å². The molecule has 10 heavy (non-hydrogen) atoms. The van der Waals surface area contributed by atoms with E-state index in [0.717, 1.165) is 0 Å². The van der Waals surface area contributed by atoms with Gasteiger partial charge in [-0.05, 0) is 6.42 Å². The van der Waals surface area contributed by atoms with E-state index in [2.05, 4.69) is 0 Å². The van der Waals surface area contributed by atoms with Gasteiger partial charge in [-0.1, -0.05) is 13.3 Å². The second kappa shape index (κ2) is 5.51. The Kier molecular flexibility index (Phi) is 7.42. The first-order valence-corrected chi connectivity index (χ1v) is 4.13. The predicted molar refractivity (Wildman–Crippen MR) is 38.2 cm³/mol. The second-order valence-electron chi connectivity index (χ2n) is 1.76. The summed E-state index contributed by atoms with van der Waals surface area (Å²) in [5, 5.41) is 8.55. The SMILES string of the molecule is CCCC(O)S(=O)(=O)O.[Na]. The summed E-state index contributed by atoms with van der Waals surface area (Å²) in [5.74, 6) is 0. The molecule has 6 heteroatoms. The second-order valence-corrected chi connectivity index (χ2v) is 3.33. The average Bonchev–Trinajstić information content (AvgIpc) is 1.64. The molecule has 0 saturated heterocycles. The molecule has 0 rings (SSSR count). The van der Waals surface area contributed by atoms with Crippen LogP contribution in [0, 0.1) is 0 Å². The minimum absolute atomic E-state index is 0. The fourth-order valence-electron chi connectivity index (χ4n) is 0.396. The molecule has 0 heterocycles. The largest absolute Gasteiger partial charge is 0.375 e. The van der Waals surface area contributed by atoms with E-state index < -0.39 is 15.6 Å². The monoisotopic (exact) mass is 177 g/mol. The molecule has 2 N–H and O–H groups in total. The minimum atomic E-state index is -4.21. The van der Waals surface area contributed by atoms with Gasteiger partial charge in [-0.15, -0.1) is 0 Å². The Labute approximate surface area is 82.7 Å². The summed E-state index contributed by atoms with van der Waals surface area (Å²) in [6, 6.07) is 0. The molecule has 0 aliphatic heterocycles. The van der Waals surface area contributed by atoms with Gasteiger partial charge >= 0.3 is 0 Å². The third-order valence-corrected chi connectivity index (χ3v) is 1.80. The predicted octanol–water partition coefficient (Wildman–Crippen LogP) is -0.388. The quantitative estimate of drug-likeness (QED) is 0.455. The van der Waals surface area contributed by atoms with Crippen molar-refractivity contribution in [2.45, 2.75) is 25.2 Å². The average molecular weight is 177 g/mol. The van der Waals surface area contributed by atoms with Crippen molar-refractivity contribution < 1.29 is 18.1 Å². The standard InChI is InChI=1S/C4H10O4S.Na/c1-2-3-4(5)9(6,7)8;/h4-5H,2-3H2,1H3,(H,6,7,8);. The molecule has 0 aromatic rings. The first kappa shape index (κ1) is 13.5. The van der Waals surface area contributed by atoms with E-state index in [0.29, 0.717) is 6.42 Å². The molecule has 0 saturated carbocycles. The van der Waals surface area contributed by atoms with Crippen molar-refractivity contribution in [2.75, 3.05) is 0 Å². The zero-order chi connectivity index (χ0) is 7.49. The summed E-state index contributed by atoms with van der Waals surface area (Å²) in [5.41, 5.74) is -1.61. The van der Waals surface area contributed by atoms with Crippen molar-refractivity contribution in [1.29, 1.82) is 0 Å². The fourth-order valence-corrected chi connectivity index (χ4v) is 0.929. The molecular weight excluding hydrogens is 167 g/mol. The Hall–Kier alpha value is 0.870. The van der Waals surface area contributed by atoms with Crippen LogP contribution in [0.3, 0.4) is 0 Å². The van der Waals surface area contributed by atoms with E-state index in [-0.39, 0.29) is 36.0 Å². The van der Waals surface area contributed by atoms with Gasteiger partial charge in [0.25, 0.3) is 10.1 Å². The number of hydrogen-bond donors (Lipinski definition) is 2. The topological polar surface area (TPSA) is 74.6 Å². The van der Waals surface area contributed by atoms with Gasteiger partial charge in [0.2, 0.25) is 0 Å². The van der Waals surface area contributed by atoms with Crippen LogP contribution in [-0.4, -0.2) is 53.1 Å². The van der Waals surface area contributed by atoms with Crippen molar-refractivity contribution in [1.82, 2.24) is 0 Å². The normalized spacial score (nSPS) is 13.9. The number of rotatable bonds is 3. The molecule has 0 amide bonds. The van der Waals surface area contributed by atoms with Gasteiger partial charge in [0.05, 0.1) is 0 Å². The maximum Gasteiger partial charge on any atom is 0.291 e. The zero-order valence-electron chi connectivity index (χ0n) is 6.11. The maximum absolute atomic E-state index is 10.0. The summed E-state index contributed by atoms with van der Waals surface area (Å²) >= 11 is 0. The van der Waals surface area contributed by atoms with E-state index in [9.17, 15) is 8.42 Å². The van der Waals surface area contributed by atoms with E-state index in [1.165, 1.54) is 0 Å². The first-order chi connectivity index (χ1) is 3.98. The molecule has 0 aromatic carbocycles. The molecule has 0 fully saturated rings. The third kappa shape index (κ3) is 5.64. The van der Waals surface area contributed by atoms with Crippen molar-refractivity contribution in [3.05, 3.63) is 0 Å².